The number of methoxy groups -OCH3 is 1. The zero-order valence-electron chi connectivity index (χ0n) is 9.21. The summed E-state index contributed by atoms with van der Waals surface area (Å²) in [6.07, 6.45) is 2.80. The van der Waals surface area contributed by atoms with Gasteiger partial charge in [0.25, 0.3) is 0 Å². The van der Waals surface area contributed by atoms with E-state index in [0.717, 1.165) is 30.4 Å². The minimum atomic E-state index is -0.317. The van der Waals surface area contributed by atoms with Crippen LogP contribution in [0.15, 0.2) is 12.1 Å². The Morgan fingerprint density at radius 2 is 2.13 bits per heavy atom. The molecule has 82 valence electrons. The third kappa shape index (κ3) is 1.67. The van der Waals surface area contributed by atoms with E-state index in [0.29, 0.717) is 5.75 Å². The number of ether oxygens (including phenoxy) is 1. The molecule has 2 rings (SSSR count). The molecule has 0 atom stereocenters. The predicted octanol–water partition coefficient (Wildman–Crippen LogP) is 1.91. The summed E-state index contributed by atoms with van der Waals surface area (Å²) < 4.78 is 5.15. The molecule has 0 amide bonds. The fourth-order valence-electron chi connectivity index (χ4n) is 1.81. The summed E-state index contributed by atoms with van der Waals surface area (Å²) in [5.41, 5.74) is 7.76. The van der Waals surface area contributed by atoms with E-state index in [4.69, 9.17) is 10.5 Å². The molecule has 0 heterocycles. The van der Waals surface area contributed by atoms with Crippen LogP contribution >= 0.6 is 0 Å². The minimum Gasteiger partial charge on any atom is -0.504 e. The Morgan fingerprint density at radius 3 is 2.60 bits per heavy atom. The van der Waals surface area contributed by atoms with Crippen molar-refractivity contribution < 1.29 is 9.84 Å². The molecule has 3 N–H and O–H groups in total. The molecule has 0 saturated heterocycles. The number of hydrogen-bond donors (Lipinski definition) is 2. The first-order chi connectivity index (χ1) is 7.10. The van der Waals surface area contributed by atoms with E-state index in [-0.39, 0.29) is 11.3 Å². The van der Waals surface area contributed by atoms with Gasteiger partial charge in [0, 0.05) is 11.1 Å². The van der Waals surface area contributed by atoms with Gasteiger partial charge in [0.1, 0.15) is 0 Å². The van der Waals surface area contributed by atoms with Crippen LogP contribution in [0.25, 0.3) is 0 Å². The molecule has 1 aromatic rings. The first-order valence-corrected chi connectivity index (χ1v) is 5.30. The predicted molar refractivity (Wildman–Crippen MR) is 59.1 cm³/mol. The lowest BCUT2D eigenvalue weighted by molar-refractivity contribution is 0.367. The minimum absolute atomic E-state index is 0.203. The maximum absolute atomic E-state index is 9.98. The van der Waals surface area contributed by atoms with Crippen molar-refractivity contribution in [1.82, 2.24) is 0 Å². The van der Waals surface area contributed by atoms with Crippen molar-refractivity contribution in [3.8, 4) is 11.5 Å². The highest BCUT2D eigenvalue weighted by atomic mass is 16.5. The molecule has 1 aliphatic rings. The SMILES string of the molecule is CCc1cc(OC)c(O)c(C2(N)CC2)c1. The molecule has 0 radical (unpaired) electrons. The number of phenols is 1. The van der Waals surface area contributed by atoms with Crippen LogP contribution in [0.1, 0.15) is 30.9 Å². The molecule has 15 heavy (non-hydrogen) atoms. The molecular formula is C12H17NO2. The van der Waals surface area contributed by atoms with Crippen molar-refractivity contribution >= 4 is 0 Å². The van der Waals surface area contributed by atoms with Gasteiger partial charge in [-0.05, 0) is 37.0 Å². The summed E-state index contributed by atoms with van der Waals surface area (Å²) >= 11 is 0. The first kappa shape index (κ1) is 10.3. The Morgan fingerprint density at radius 1 is 1.47 bits per heavy atom. The van der Waals surface area contributed by atoms with Gasteiger partial charge in [0.2, 0.25) is 0 Å². The summed E-state index contributed by atoms with van der Waals surface area (Å²) in [4.78, 5) is 0. The number of rotatable bonds is 3. The molecule has 1 fully saturated rings. The number of aromatic hydroxyl groups is 1. The Balaban J connectivity index is 2.52. The maximum atomic E-state index is 9.98. The normalized spacial score (nSPS) is 17.5. The third-order valence-electron chi connectivity index (χ3n) is 3.09. The Labute approximate surface area is 89.9 Å². The number of hydrogen-bond acceptors (Lipinski definition) is 3. The number of benzene rings is 1. The molecule has 0 aliphatic heterocycles. The molecule has 1 saturated carbocycles. The number of aryl methyl sites for hydroxylation is 1. The highest BCUT2D eigenvalue weighted by Gasteiger charge is 2.42. The van der Waals surface area contributed by atoms with E-state index < -0.39 is 0 Å². The number of nitrogens with two attached hydrogens (primary N) is 1. The summed E-state index contributed by atoms with van der Waals surface area (Å²) in [5, 5.41) is 9.98. The van der Waals surface area contributed by atoms with Crippen LogP contribution < -0.4 is 10.5 Å². The quantitative estimate of drug-likeness (QED) is 0.796. The van der Waals surface area contributed by atoms with Crippen molar-refractivity contribution in [2.24, 2.45) is 5.73 Å². The Hall–Kier alpha value is -1.22. The summed E-state index contributed by atoms with van der Waals surface area (Å²) in [5.74, 6) is 0.732. The largest absolute Gasteiger partial charge is 0.504 e. The fraction of sp³-hybridized carbons (Fsp3) is 0.500. The van der Waals surface area contributed by atoms with Gasteiger partial charge in [-0.15, -0.1) is 0 Å². The average molecular weight is 207 g/mol. The zero-order valence-corrected chi connectivity index (χ0v) is 9.21. The summed E-state index contributed by atoms with van der Waals surface area (Å²) in [6, 6.07) is 3.86. The zero-order chi connectivity index (χ0) is 11.1. The molecular weight excluding hydrogens is 190 g/mol. The first-order valence-electron chi connectivity index (χ1n) is 5.30. The van der Waals surface area contributed by atoms with E-state index in [9.17, 15) is 5.11 Å². The smallest absolute Gasteiger partial charge is 0.162 e. The van der Waals surface area contributed by atoms with Gasteiger partial charge in [-0.25, -0.2) is 0 Å². The van der Waals surface area contributed by atoms with Crippen molar-refractivity contribution in [2.75, 3.05) is 7.11 Å². The molecule has 0 bridgehead atoms. The molecule has 3 heteroatoms. The van der Waals surface area contributed by atoms with Crippen LogP contribution in [0.5, 0.6) is 11.5 Å². The molecule has 0 unspecified atom stereocenters. The van der Waals surface area contributed by atoms with Crippen molar-refractivity contribution in [2.45, 2.75) is 31.7 Å². The van der Waals surface area contributed by atoms with Crippen LogP contribution in [0.3, 0.4) is 0 Å². The van der Waals surface area contributed by atoms with Gasteiger partial charge in [-0.2, -0.15) is 0 Å². The van der Waals surface area contributed by atoms with Gasteiger partial charge in [0.05, 0.1) is 7.11 Å². The maximum Gasteiger partial charge on any atom is 0.162 e. The monoisotopic (exact) mass is 207 g/mol. The van der Waals surface area contributed by atoms with Gasteiger partial charge >= 0.3 is 0 Å². The van der Waals surface area contributed by atoms with Crippen LogP contribution in [0, 0.1) is 0 Å². The van der Waals surface area contributed by atoms with Crippen LogP contribution in [0.4, 0.5) is 0 Å². The summed E-state index contributed by atoms with van der Waals surface area (Å²) in [7, 11) is 1.56. The average Bonchev–Trinajstić information content (AvgIpc) is 2.98. The van der Waals surface area contributed by atoms with E-state index >= 15 is 0 Å². The second-order valence-corrected chi connectivity index (χ2v) is 4.20. The van der Waals surface area contributed by atoms with E-state index in [2.05, 4.69) is 6.92 Å². The standard InChI is InChI=1S/C12H17NO2/c1-3-8-6-9(12(13)4-5-12)11(14)10(7-8)15-2/h6-7,14H,3-5,13H2,1-2H3. The highest BCUT2D eigenvalue weighted by molar-refractivity contribution is 5.53. The van der Waals surface area contributed by atoms with Crippen molar-refractivity contribution in [3.63, 3.8) is 0 Å². The lowest BCUT2D eigenvalue weighted by Crippen LogP contribution is -2.19. The van der Waals surface area contributed by atoms with E-state index in [1.807, 2.05) is 12.1 Å². The Bertz CT molecular complexity index is 383. The fourth-order valence-corrected chi connectivity index (χ4v) is 1.81. The van der Waals surface area contributed by atoms with Crippen LogP contribution in [0.2, 0.25) is 0 Å². The van der Waals surface area contributed by atoms with Crippen LogP contribution in [-0.4, -0.2) is 12.2 Å². The second kappa shape index (κ2) is 3.42. The van der Waals surface area contributed by atoms with E-state index in [1.54, 1.807) is 7.11 Å². The Kier molecular flexibility index (Phi) is 2.35. The van der Waals surface area contributed by atoms with Gasteiger partial charge in [-0.3, -0.25) is 0 Å². The number of phenolic OH excluding ortho intramolecular Hbond substituents is 1. The summed E-state index contributed by atoms with van der Waals surface area (Å²) in [6.45, 7) is 2.08. The lowest BCUT2D eigenvalue weighted by Gasteiger charge is -2.15. The van der Waals surface area contributed by atoms with Gasteiger partial charge in [-0.1, -0.05) is 6.92 Å². The van der Waals surface area contributed by atoms with Gasteiger partial charge in [0.15, 0.2) is 11.5 Å². The lowest BCUT2D eigenvalue weighted by atomic mass is 9.99. The van der Waals surface area contributed by atoms with Crippen molar-refractivity contribution in [3.05, 3.63) is 23.3 Å². The topological polar surface area (TPSA) is 55.5 Å². The second-order valence-electron chi connectivity index (χ2n) is 4.20. The molecule has 0 aromatic heterocycles. The molecule has 0 spiro atoms. The van der Waals surface area contributed by atoms with Gasteiger partial charge < -0.3 is 15.6 Å². The molecule has 1 aromatic carbocycles. The van der Waals surface area contributed by atoms with Crippen molar-refractivity contribution in [1.29, 1.82) is 0 Å². The molecule has 3 nitrogen and oxygen atoms in total. The van der Waals surface area contributed by atoms with Crippen LogP contribution in [-0.2, 0) is 12.0 Å². The molecule has 1 aliphatic carbocycles. The highest BCUT2D eigenvalue weighted by Crippen LogP contribution is 2.49. The van der Waals surface area contributed by atoms with E-state index in [1.165, 1.54) is 0 Å². The third-order valence-corrected chi connectivity index (χ3v) is 3.09.